The van der Waals surface area contributed by atoms with Gasteiger partial charge in [0.15, 0.2) is 0 Å². The Kier molecular flexibility index (Phi) is 5.24. The topological polar surface area (TPSA) is 20.3 Å². The molecule has 0 fully saturated rings. The second kappa shape index (κ2) is 6.74. The smallest absolute Gasteiger partial charge is 0.255 e. The van der Waals surface area contributed by atoms with E-state index in [1.807, 2.05) is 36.4 Å². The molecular formula is C15H12Br2ClNO. The molecule has 2 nitrogen and oxygen atoms in total. The predicted octanol–water partition coefficient (Wildman–Crippen LogP) is 5.14. The second-order valence-electron chi connectivity index (χ2n) is 4.41. The fraction of sp³-hybridized carbons (Fsp3) is 0.133. The van der Waals surface area contributed by atoms with E-state index < -0.39 is 0 Å². The quantitative estimate of drug-likeness (QED) is 0.677. The molecule has 0 heterocycles. The van der Waals surface area contributed by atoms with Gasteiger partial charge in [0.2, 0.25) is 0 Å². The molecule has 0 aliphatic rings. The van der Waals surface area contributed by atoms with Gasteiger partial charge >= 0.3 is 0 Å². The molecule has 1 amide bonds. The molecule has 0 spiro atoms. The lowest BCUT2D eigenvalue weighted by Gasteiger charge is -2.18. The molecule has 0 atom stereocenters. The monoisotopic (exact) mass is 415 g/mol. The summed E-state index contributed by atoms with van der Waals surface area (Å²) < 4.78 is 1.71. The normalized spacial score (nSPS) is 10.4. The second-order valence-corrected chi connectivity index (χ2v) is 6.62. The highest BCUT2D eigenvalue weighted by Gasteiger charge is 2.15. The summed E-state index contributed by atoms with van der Waals surface area (Å²) in [7, 11) is 1.78. The van der Waals surface area contributed by atoms with Crippen LogP contribution in [-0.2, 0) is 6.54 Å². The molecule has 2 aromatic carbocycles. The average molecular weight is 418 g/mol. The Balaban J connectivity index is 2.14. The minimum absolute atomic E-state index is 0.0284. The molecule has 5 heteroatoms. The van der Waals surface area contributed by atoms with Crippen molar-refractivity contribution in [3.05, 3.63) is 67.6 Å². The van der Waals surface area contributed by atoms with Crippen molar-refractivity contribution in [2.75, 3.05) is 7.05 Å². The first kappa shape index (κ1) is 15.5. The molecule has 0 aliphatic heterocycles. The summed E-state index contributed by atoms with van der Waals surface area (Å²) in [5.41, 5.74) is 1.68. The Morgan fingerprint density at radius 2 is 1.80 bits per heavy atom. The van der Waals surface area contributed by atoms with Gasteiger partial charge in [-0.1, -0.05) is 39.7 Å². The molecule has 0 N–H and O–H groups in total. The fourth-order valence-corrected chi connectivity index (χ4v) is 3.15. The Labute approximate surface area is 140 Å². The van der Waals surface area contributed by atoms with Crippen LogP contribution >= 0.6 is 43.5 Å². The minimum atomic E-state index is -0.0284. The maximum absolute atomic E-state index is 12.4. The van der Waals surface area contributed by atoms with Crippen LogP contribution in [0.1, 0.15) is 15.9 Å². The average Bonchev–Trinajstić information content (AvgIpc) is 2.40. The van der Waals surface area contributed by atoms with Crippen molar-refractivity contribution in [3.63, 3.8) is 0 Å². The molecule has 2 aromatic rings. The minimum Gasteiger partial charge on any atom is -0.337 e. The van der Waals surface area contributed by atoms with Gasteiger partial charge < -0.3 is 4.90 Å². The van der Waals surface area contributed by atoms with E-state index in [1.54, 1.807) is 18.0 Å². The van der Waals surface area contributed by atoms with Gasteiger partial charge in [-0.05, 0) is 51.8 Å². The van der Waals surface area contributed by atoms with Crippen LogP contribution in [-0.4, -0.2) is 17.9 Å². The van der Waals surface area contributed by atoms with E-state index in [2.05, 4.69) is 31.9 Å². The molecule has 2 rings (SSSR count). The van der Waals surface area contributed by atoms with Crippen LogP contribution in [0.5, 0.6) is 0 Å². The number of benzene rings is 2. The number of carbonyl (C=O) groups is 1. The molecule has 0 bridgehead atoms. The standard InChI is InChI=1S/C15H12Br2ClNO/c1-19(9-10-2-5-12(18)6-3-10)15(20)13-7-4-11(16)8-14(13)17/h2-8H,9H2,1H3. The zero-order valence-corrected chi connectivity index (χ0v) is 14.7. The van der Waals surface area contributed by atoms with E-state index in [0.29, 0.717) is 17.1 Å². The van der Waals surface area contributed by atoms with Gasteiger partial charge in [0.1, 0.15) is 0 Å². The van der Waals surface area contributed by atoms with E-state index in [1.165, 1.54) is 0 Å². The molecule has 0 aliphatic carbocycles. The van der Waals surface area contributed by atoms with Crippen LogP contribution in [0, 0.1) is 0 Å². The summed E-state index contributed by atoms with van der Waals surface area (Å²) in [5, 5.41) is 0.693. The molecule has 20 heavy (non-hydrogen) atoms. The highest BCUT2D eigenvalue weighted by molar-refractivity contribution is 9.11. The van der Waals surface area contributed by atoms with Crippen molar-refractivity contribution >= 4 is 49.4 Å². The first-order valence-electron chi connectivity index (χ1n) is 5.92. The maximum Gasteiger partial charge on any atom is 0.255 e. The number of hydrogen-bond donors (Lipinski definition) is 0. The number of carbonyl (C=O) groups excluding carboxylic acids is 1. The zero-order valence-electron chi connectivity index (χ0n) is 10.7. The molecule has 0 saturated carbocycles. The van der Waals surface area contributed by atoms with Crippen molar-refractivity contribution in [1.29, 1.82) is 0 Å². The van der Waals surface area contributed by atoms with E-state index in [9.17, 15) is 4.79 Å². The maximum atomic E-state index is 12.4. The first-order chi connectivity index (χ1) is 9.47. The summed E-state index contributed by atoms with van der Waals surface area (Å²) in [6, 6.07) is 13.0. The molecule has 0 unspecified atom stereocenters. The largest absolute Gasteiger partial charge is 0.337 e. The Hall–Kier alpha value is -0.840. The number of nitrogens with zero attached hydrogens (tertiary/aromatic N) is 1. The third-order valence-electron chi connectivity index (χ3n) is 2.84. The van der Waals surface area contributed by atoms with E-state index in [0.717, 1.165) is 14.5 Å². The summed E-state index contributed by atoms with van der Waals surface area (Å²) >= 11 is 12.6. The lowest BCUT2D eigenvalue weighted by atomic mass is 10.1. The Morgan fingerprint density at radius 3 is 2.40 bits per heavy atom. The van der Waals surface area contributed by atoms with Gasteiger partial charge in [-0.3, -0.25) is 4.79 Å². The summed E-state index contributed by atoms with van der Waals surface area (Å²) in [5.74, 6) is -0.0284. The number of rotatable bonds is 3. The predicted molar refractivity (Wildman–Crippen MR) is 89.1 cm³/mol. The lowest BCUT2D eigenvalue weighted by molar-refractivity contribution is 0.0784. The third kappa shape index (κ3) is 3.84. The number of amides is 1. The van der Waals surface area contributed by atoms with Crippen LogP contribution in [0.2, 0.25) is 5.02 Å². The van der Waals surface area contributed by atoms with E-state index in [-0.39, 0.29) is 5.91 Å². The van der Waals surface area contributed by atoms with Crippen molar-refractivity contribution in [3.8, 4) is 0 Å². The number of halogens is 3. The molecule has 104 valence electrons. The van der Waals surface area contributed by atoms with Crippen LogP contribution in [0.3, 0.4) is 0 Å². The highest BCUT2D eigenvalue weighted by Crippen LogP contribution is 2.23. The van der Waals surface area contributed by atoms with Crippen LogP contribution in [0.25, 0.3) is 0 Å². The highest BCUT2D eigenvalue weighted by atomic mass is 79.9. The van der Waals surface area contributed by atoms with Gasteiger partial charge in [0.05, 0.1) is 5.56 Å². The summed E-state index contributed by atoms with van der Waals surface area (Å²) in [6.45, 7) is 0.540. The zero-order chi connectivity index (χ0) is 14.7. The molecule has 0 radical (unpaired) electrons. The van der Waals surface area contributed by atoms with Crippen LogP contribution < -0.4 is 0 Å². The van der Waals surface area contributed by atoms with Gasteiger partial charge in [0, 0.05) is 27.6 Å². The van der Waals surface area contributed by atoms with Gasteiger partial charge in [-0.25, -0.2) is 0 Å². The molecule has 0 saturated heterocycles. The SMILES string of the molecule is CN(Cc1ccc(Cl)cc1)C(=O)c1ccc(Br)cc1Br. The van der Waals surface area contributed by atoms with E-state index >= 15 is 0 Å². The van der Waals surface area contributed by atoms with E-state index in [4.69, 9.17) is 11.6 Å². The third-order valence-corrected chi connectivity index (χ3v) is 4.24. The first-order valence-corrected chi connectivity index (χ1v) is 7.89. The van der Waals surface area contributed by atoms with Gasteiger partial charge in [0.25, 0.3) is 5.91 Å². The molecular weight excluding hydrogens is 405 g/mol. The Morgan fingerprint density at radius 1 is 1.15 bits per heavy atom. The van der Waals surface area contributed by atoms with Crippen molar-refractivity contribution in [2.24, 2.45) is 0 Å². The van der Waals surface area contributed by atoms with Crippen molar-refractivity contribution in [2.45, 2.75) is 6.54 Å². The molecule has 0 aromatic heterocycles. The van der Waals surface area contributed by atoms with Crippen molar-refractivity contribution in [1.82, 2.24) is 4.90 Å². The van der Waals surface area contributed by atoms with Crippen LogP contribution in [0.4, 0.5) is 0 Å². The summed E-state index contributed by atoms with van der Waals surface area (Å²) in [6.07, 6.45) is 0. The van der Waals surface area contributed by atoms with Crippen molar-refractivity contribution < 1.29 is 4.79 Å². The fourth-order valence-electron chi connectivity index (χ4n) is 1.80. The van der Waals surface area contributed by atoms with Gasteiger partial charge in [-0.15, -0.1) is 0 Å². The summed E-state index contributed by atoms with van der Waals surface area (Å²) in [4.78, 5) is 14.1. The lowest BCUT2D eigenvalue weighted by Crippen LogP contribution is -2.26. The van der Waals surface area contributed by atoms with Crippen LogP contribution in [0.15, 0.2) is 51.4 Å². The van der Waals surface area contributed by atoms with Gasteiger partial charge in [-0.2, -0.15) is 0 Å². The number of hydrogen-bond acceptors (Lipinski definition) is 1. The Bertz CT molecular complexity index is 628.